The van der Waals surface area contributed by atoms with Crippen molar-refractivity contribution in [2.24, 2.45) is 5.92 Å². The zero-order valence-electron chi connectivity index (χ0n) is 12.2. The molecule has 2 atom stereocenters. The molecule has 1 heterocycles. The lowest BCUT2D eigenvalue weighted by Crippen LogP contribution is -2.33. The predicted octanol–water partition coefficient (Wildman–Crippen LogP) is 4.61. The van der Waals surface area contributed by atoms with Gasteiger partial charge < -0.3 is 5.32 Å². The third-order valence-electron chi connectivity index (χ3n) is 4.09. The summed E-state index contributed by atoms with van der Waals surface area (Å²) in [5, 5.41) is 3.63. The number of hydrogen-bond donors (Lipinski definition) is 1. The monoisotopic (exact) mass is 247 g/mol. The molecule has 0 aromatic carbocycles. The molecule has 0 aromatic heterocycles. The summed E-state index contributed by atoms with van der Waals surface area (Å²) in [7, 11) is 0. The van der Waals surface area contributed by atoms with Crippen LogP contribution in [0.15, 0.2) is 30.0 Å². The molecule has 1 rings (SSSR count). The van der Waals surface area contributed by atoms with E-state index < -0.39 is 0 Å². The highest BCUT2D eigenvalue weighted by molar-refractivity contribution is 5.11. The van der Waals surface area contributed by atoms with Gasteiger partial charge in [0, 0.05) is 6.04 Å². The topological polar surface area (TPSA) is 12.0 Å². The Bertz CT molecular complexity index is 291. The van der Waals surface area contributed by atoms with Crippen LogP contribution in [0.2, 0.25) is 0 Å². The quantitative estimate of drug-likeness (QED) is 0.393. The Hall–Kier alpha value is -0.780. The first-order chi connectivity index (χ1) is 8.74. The minimum absolute atomic E-state index is 0.689. The van der Waals surface area contributed by atoms with Crippen molar-refractivity contribution in [2.75, 3.05) is 6.54 Å². The average molecular weight is 247 g/mol. The van der Waals surface area contributed by atoms with Crippen LogP contribution in [0.1, 0.15) is 58.8 Å². The van der Waals surface area contributed by atoms with E-state index in [2.05, 4.69) is 37.6 Å². The van der Waals surface area contributed by atoms with Crippen molar-refractivity contribution in [3.63, 3.8) is 0 Å². The van der Waals surface area contributed by atoms with Crippen molar-refractivity contribution < 1.29 is 0 Å². The highest BCUT2D eigenvalue weighted by Crippen LogP contribution is 2.19. The van der Waals surface area contributed by atoms with Crippen LogP contribution in [-0.4, -0.2) is 12.6 Å². The Morgan fingerprint density at radius 2 is 2.28 bits per heavy atom. The smallest absolute Gasteiger partial charge is 0.00670 e. The molecule has 0 spiro atoms. The van der Waals surface area contributed by atoms with Crippen LogP contribution in [-0.2, 0) is 0 Å². The fourth-order valence-electron chi connectivity index (χ4n) is 2.59. The van der Waals surface area contributed by atoms with Gasteiger partial charge in [-0.15, -0.1) is 5.73 Å². The number of hydrogen-bond acceptors (Lipinski definition) is 1. The molecule has 18 heavy (non-hydrogen) atoms. The van der Waals surface area contributed by atoms with Gasteiger partial charge in [0.2, 0.25) is 0 Å². The first kappa shape index (κ1) is 15.3. The fourth-order valence-corrected chi connectivity index (χ4v) is 2.59. The molecule has 1 saturated heterocycles. The number of rotatable bonds is 7. The molecular weight excluding hydrogens is 218 g/mol. The zero-order chi connectivity index (χ0) is 13.2. The van der Waals surface area contributed by atoms with Crippen LogP contribution in [0.5, 0.6) is 0 Å². The standard InChI is InChI=1S/C17H29N/c1-4-5-10-15(2)16(3)11-6-7-12-17-13-8-9-14-18-17/h5,10,16-18H,1,6-9,11-14H2,2-3H3/b15-10-. The third-order valence-corrected chi connectivity index (χ3v) is 4.09. The maximum Gasteiger partial charge on any atom is 0.00670 e. The molecule has 0 saturated carbocycles. The summed E-state index contributed by atoms with van der Waals surface area (Å²) < 4.78 is 0. The first-order valence-electron chi connectivity index (χ1n) is 7.50. The minimum atomic E-state index is 0.689. The second kappa shape index (κ2) is 9.19. The van der Waals surface area contributed by atoms with Crippen molar-refractivity contribution in [1.29, 1.82) is 0 Å². The lowest BCUT2D eigenvalue weighted by atomic mass is 9.93. The van der Waals surface area contributed by atoms with E-state index in [-0.39, 0.29) is 0 Å². The van der Waals surface area contributed by atoms with Gasteiger partial charge in [0.25, 0.3) is 0 Å². The lowest BCUT2D eigenvalue weighted by Gasteiger charge is -2.23. The zero-order valence-corrected chi connectivity index (χ0v) is 12.2. The molecule has 0 bridgehead atoms. The first-order valence-corrected chi connectivity index (χ1v) is 7.50. The van der Waals surface area contributed by atoms with Crippen molar-refractivity contribution >= 4 is 0 Å². The Morgan fingerprint density at radius 1 is 1.44 bits per heavy atom. The lowest BCUT2D eigenvalue weighted by molar-refractivity contribution is 0.368. The minimum Gasteiger partial charge on any atom is -0.314 e. The molecule has 1 aliphatic rings. The fraction of sp³-hybridized carbons (Fsp3) is 0.706. The average Bonchev–Trinajstić information content (AvgIpc) is 2.41. The Kier molecular flexibility index (Phi) is 7.80. The van der Waals surface area contributed by atoms with E-state index in [0.717, 1.165) is 6.04 Å². The van der Waals surface area contributed by atoms with Crippen LogP contribution < -0.4 is 5.32 Å². The van der Waals surface area contributed by atoms with Crippen LogP contribution in [0.25, 0.3) is 0 Å². The van der Waals surface area contributed by atoms with Crippen molar-refractivity contribution in [1.82, 2.24) is 5.32 Å². The van der Waals surface area contributed by atoms with Gasteiger partial charge in [-0.25, -0.2) is 0 Å². The number of unbranched alkanes of at least 4 members (excludes halogenated alkanes) is 1. The van der Waals surface area contributed by atoms with Gasteiger partial charge in [-0.3, -0.25) is 0 Å². The Balaban J connectivity index is 2.11. The maximum absolute atomic E-state index is 3.63. The molecule has 1 fully saturated rings. The van der Waals surface area contributed by atoms with Gasteiger partial charge in [0.1, 0.15) is 0 Å². The molecule has 1 nitrogen and oxygen atoms in total. The molecule has 0 aliphatic carbocycles. The predicted molar refractivity (Wildman–Crippen MR) is 80.7 cm³/mol. The number of nitrogens with one attached hydrogen (secondary N) is 1. The summed E-state index contributed by atoms with van der Waals surface area (Å²) in [6, 6.07) is 0.800. The molecule has 0 radical (unpaired) electrons. The van der Waals surface area contributed by atoms with Gasteiger partial charge >= 0.3 is 0 Å². The summed E-state index contributed by atoms with van der Waals surface area (Å²) in [6.07, 6.45) is 13.6. The van der Waals surface area contributed by atoms with E-state index in [4.69, 9.17) is 0 Å². The third kappa shape index (κ3) is 6.23. The van der Waals surface area contributed by atoms with Gasteiger partial charge in [-0.2, -0.15) is 0 Å². The summed E-state index contributed by atoms with van der Waals surface area (Å²) in [5.41, 5.74) is 4.25. The van der Waals surface area contributed by atoms with Gasteiger partial charge in [-0.05, 0) is 51.1 Å². The van der Waals surface area contributed by atoms with Crippen LogP contribution >= 0.6 is 0 Å². The summed E-state index contributed by atoms with van der Waals surface area (Å²) in [4.78, 5) is 0. The van der Waals surface area contributed by atoms with Gasteiger partial charge in [-0.1, -0.05) is 44.4 Å². The highest BCUT2D eigenvalue weighted by atomic mass is 14.9. The maximum atomic E-state index is 3.63. The van der Waals surface area contributed by atoms with Crippen molar-refractivity contribution in [2.45, 2.75) is 64.8 Å². The molecule has 1 heteroatoms. The van der Waals surface area contributed by atoms with E-state index in [1.807, 2.05) is 6.08 Å². The molecule has 0 aromatic rings. The molecular formula is C17H29N. The second-order valence-corrected chi connectivity index (χ2v) is 5.61. The number of piperidine rings is 1. The summed E-state index contributed by atoms with van der Waals surface area (Å²) in [5.74, 6) is 0.689. The van der Waals surface area contributed by atoms with Crippen molar-refractivity contribution in [3.05, 3.63) is 30.0 Å². The largest absolute Gasteiger partial charge is 0.314 e. The number of allylic oxidation sites excluding steroid dienone is 3. The van der Waals surface area contributed by atoms with E-state index in [9.17, 15) is 0 Å². The summed E-state index contributed by atoms with van der Waals surface area (Å²) >= 11 is 0. The second-order valence-electron chi connectivity index (χ2n) is 5.61. The van der Waals surface area contributed by atoms with E-state index >= 15 is 0 Å². The normalized spacial score (nSPS) is 22.3. The summed E-state index contributed by atoms with van der Waals surface area (Å²) in [6.45, 7) is 9.35. The molecule has 1 aliphatic heterocycles. The molecule has 0 amide bonds. The molecule has 102 valence electrons. The van der Waals surface area contributed by atoms with Gasteiger partial charge in [0.05, 0.1) is 0 Å². The van der Waals surface area contributed by atoms with Crippen LogP contribution in [0.4, 0.5) is 0 Å². The molecule has 2 unspecified atom stereocenters. The molecule has 1 N–H and O–H groups in total. The van der Waals surface area contributed by atoms with Crippen molar-refractivity contribution in [3.8, 4) is 0 Å². The van der Waals surface area contributed by atoms with Crippen LogP contribution in [0.3, 0.4) is 0 Å². The Morgan fingerprint density at radius 3 is 2.94 bits per heavy atom. The van der Waals surface area contributed by atoms with E-state index in [1.165, 1.54) is 57.1 Å². The highest BCUT2D eigenvalue weighted by Gasteiger charge is 2.12. The Labute approximate surface area is 113 Å². The SMILES string of the molecule is C=C=C/C=C(/C)C(C)CCCCC1CCCCN1. The van der Waals surface area contributed by atoms with E-state index in [0.29, 0.717) is 5.92 Å². The van der Waals surface area contributed by atoms with Gasteiger partial charge in [0.15, 0.2) is 0 Å². The van der Waals surface area contributed by atoms with Crippen LogP contribution in [0, 0.1) is 5.92 Å². The van der Waals surface area contributed by atoms with E-state index in [1.54, 1.807) is 0 Å².